The summed E-state index contributed by atoms with van der Waals surface area (Å²) in [4.78, 5) is 13.6. The molecular formula is C39H62O8. The predicted molar refractivity (Wildman–Crippen MR) is 187 cm³/mol. The van der Waals surface area contributed by atoms with E-state index in [1.807, 2.05) is 78.0 Å². The molecule has 266 valence electrons. The van der Waals surface area contributed by atoms with Crippen LogP contribution in [-0.2, 0) is 23.7 Å². The molecule has 0 aromatic heterocycles. The molecule has 47 heavy (non-hydrogen) atoms. The fourth-order valence-corrected chi connectivity index (χ4v) is 6.87. The number of cyclic esters (lactones) is 1. The van der Waals surface area contributed by atoms with Crippen LogP contribution in [0.2, 0.25) is 0 Å². The minimum Gasteiger partial charge on any atom is -0.490 e. The summed E-state index contributed by atoms with van der Waals surface area (Å²) in [5.41, 5.74) is 2.82. The van der Waals surface area contributed by atoms with Gasteiger partial charge in [-0.3, -0.25) is 0 Å². The van der Waals surface area contributed by atoms with E-state index in [1.54, 1.807) is 26.0 Å². The Morgan fingerprint density at radius 1 is 1.13 bits per heavy atom. The number of ether oxygens (including phenoxy) is 4. The normalized spacial score (nSPS) is 39.8. The summed E-state index contributed by atoms with van der Waals surface area (Å²) in [5, 5.41) is 34.8. The molecule has 0 aromatic carbocycles. The maximum atomic E-state index is 13.6. The van der Waals surface area contributed by atoms with Crippen LogP contribution in [-0.4, -0.2) is 71.8 Å². The maximum Gasteiger partial charge on any atom is 0.373 e. The lowest BCUT2D eigenvalue weighted by atomic mass is 9.74. The largest absolute Gasteiger partial charge is 0.490 e. The first-order valence-corrected chi connectivity index (χ1v) is 17.1. The molecule has 0 saturated carbocycles. The van der Waals surface area contributed by atoms with Crippen LogP contribution in [0, 0.1) is 35.5 Å². The van der Waals surface area contributed by atoms with Gasteiger partial charge in [-0.25, -0.2) is 4.79 Å². The Morgan fingerprint density at radius 3 is 2.38 bits per heavy atom. The van der Waals surface area contributed by atoms with Gasteiger partial charge in [0.1, 0.15) is 12.2 Å². The van der Waals surface area contributed by atoms with Gasteiger partial charge in [0, 0.05) is 31.3 Å². The second kappa shape index (κ2) is 18.3. The van der Waals surface area contributed by atoms with Crippen LogP contribution in [0.15, 0.2) is 71.1 Å². The zero-order valence-electron chi connectivity index (χ0n) is 30.8. The van der Waals surface area contributed by atoms with Gasteiger partial charge in [-0.2, -0.15) is 0 Å². The summed E-state index contributed by atoms with van der Waals surface area (Å²) in [6.07, 6.45) is 12.4. The van der Waals surface area contributed by atoms with E-state index in [9.17, 15) is 20.1 Å². The molecule has 0 radical (unpaired) electrons. The molecule has 12 atom stereocenters. The minimum atomic E-state index is -1.62. The first-order valence-electron chi connectivity index (χ1n) is 17.1. The number of carbonyl (C=O) groups excluding carboxylic acids is 1. The Bertz CT molecular complexity index is 1210. The van der Waals surface area contributed by atoms with Crippen molar-refractivity contribution in [2.75, 3.05) is 14.2 Å². The first kappa shape index (κ1) is 40.7. The van der Waals surface area contributed by atoms with Gasteiger partial charge >= 0.3 is 5.97 Å². The number of aliphatic hydroxyl groups excluding tert-OH is 2. The van der Waals surface area contributed by atoms with E-state index in [0.29, 0.717) is 12.8 Å². The smallest absolute Gasteiger partial charge is 0.373 e. The summed E-state index contributed by atoms with van der Waals surface area (Å²) in [7, 11) is 2.93. The number of methoxy groups -OCH3 is 2. The van der Waals surface area contributed by atoms with Crippen LogP contribution in [0.3, 0.4) is 0 Å². The third-order valence-electron chi connectivity index (χ3n) is 10.2. The van der Waals surface area contributed by atoms with Crippen molar-refractivity contribution in [1.82, 2.24) is 0 Å². The highest BCUT2D eigenvalue weighted by Gasteiger charge is 2.50. The molecule has 12 unspecified atom stereocenters. The second-order valence-corrected chi connectivity index (χ2v) is 14.1. The van der Waals surface area contributed by atoms with Crippen molar-refractivity contribution in [3.05, 3.63) is 71.1 Å². The molecule has 2 aliphatic rings. The molecule has 0 amide bonds. The molecule has 2 rings (SSSR count). The number of allylic oxidation sites excluding steroid dienone is 8. The number of hydrogen-bond acceptors (Lipinski definition) is 8. The van der Waals surface area contributed by atoms with Crippen molar-refractivity contribution >= 4 is 5.97 Å². The highest BCUT2D eigenvalue weighted by Crippen LogP contribution is 2.44. The van der Waals surface area contributed by atoms with Crippen molar-refractivity contribution in [3.63, 3.8) is 0 Å². The molecule has 2 aliphatic heterocycles. The predicted octanol–water partition coefficient (Wildman–Crippen LogP) is 6.83. The van der Waals surface area contributed by atoms with E-state index in [2.05, 4.69) is 13.8 Å². The van der Waals surface area contributed by atoms with Crippen LogP contribution in [0.1, 0.15) is 82.1 Å². The van der Waals surface area contributed by atoms with Gasteiger partial charge in [0.05, 0.1) is 25.4 Å². The molecule has 0 aliphatic carbocycles. The monoisotopic (exact) mass is 658 g/mol. The lowest BCUT2D eigenvalue weighted by molar-refractivity contribution is -0.308. The fraction of sp³-hybridized carbons (Fsp3) is 0.667. The SMILES string of the molecule is C/C=C/C=C(\C)C1OC(O)(C(C)C(O)C(C)C2OC(=O)/C(OC)=C/C(C)=C/C(C)C(O)C(C)C/C(C)=C/C=C/C2OC)CC(C)C1C. The van der Waals surface area contributed by atoms with Crippen LogP contribution in [0.4, 0.5) is 0 Å². The molecule has 8 heteroatoms. The average Bonchev–Trinajstić information content (AvgIpc) is 3.03. The van der Waals surface area contributed by atoms with Crippen LogP contribution in [0.25, 0.3) is 0 Å². The van der Waals surface area contributed by atoms with E-state index in [0.717, 1.165) is 16.7 Å². The Morgan fingerprint density at radius 2 is 1.79 bits per heavy atom. The Hall–Kier alpha value is -2.49. The summed E-state index contributed by atoms with van der Waals surface area (Å²) >= 11 is 0. The number of aliphatic hydroxyl groups is 3. The van der Waals surface area contributed by atoms with Crippen molar-refractivity contribution < 1.29 is 39.1 Å². The van der Waals surface area contributed by atoms with Gasteiger partial charge in [0.25, 0.3) is 0 Å². The zero-order chi connectivity index (χ0) is 35.6. The van der Waals surface area contributed by atoms with E-state index >= 15 is 0 Å². The summed E-state index contributed by atoms with van der Waals surface area (Å²) in [6.45, 7) is 19.6. The van der Waals surface area contributed by atoms with Crippen LogP contribution < -0.4 is 0 Å². The Kier molecular flexibility index (Phi) is 15.9. The maximum absolute atomic E-state index is 13.6. The quantitative estimate of drug-likeness (QED) is 0.192. The molecule has 1 saturated heterocycles. The molecule has 8 nitrogen and oxygen atoms in total. The molecule has 3 N–H and O–H groups in total. The molecule has 0 bridgehead atoms. The van der Waals surface area contributed by atoms with E-state index < -0.39 is 48.0 Å². The highest BCUT2D eigenvalue weighted by atomic mass is 16.6. The van der Waals surface area contributed by atoms with Crippen molar-refractivity contribution in [1.29, 1.82) is 0 Å². The summed E-state index contributed by atoms with van der Waals surface area (Å²) < 4.78 is 23.8. The summed E-state index contributed by atoms with van der Waals surface area (Å²) in [6, 6.07) is 0. The van der Waals surface area contributed by atoms with Crippen molar-refractivity contribution in [3.8, 4) is 0 Å². The number of carbonyl (C=O) groups is 1. The van der Waals surface area contributed by atoms with Gasteiger partial charge in [0.2, 0.25) is 5.76 Å². The van der Waals surface area contributed by atoms with Crippen molar-refractivity contribution in [2.24, 2.45) is 35.5 Å². The lowest BCUT2D eigenvalue weighted by Crippen LogP contribution is -2.56. The first-order chi connectivity index (χ1) is 22.0. The van der Waals surface area contributed by atoms with Gasteiger partial charge < -0.3 is 34.3 Å². The lowest BCUT2D eigenvalue weighted by Gasteiger charge is -2.49. The third kappa shape index (κ3) is 10.8. The van der Waals surface area contributed by atoms with Gasteiger partial charge in [-0.05, 0) is 63.5 Å². The molecule has 1 fully saturated rings. The number of hydrogen-bond donors (Lipinski definition) is 3. The van der Waals surface area contributed by atoms with E-state index in [-0.39, 0.29) is 35.5 Å². The Labute approximate surface area is 283 Å². The van der Waals surface area contributed by atoms with Gasteiger partial charge in [-0.15, -0.1) is 0 Å². The minimum absolute atomic E-state index is 0.00516. The highest BCUT2D eigenvalue weighted by molar-refractivity contribution is 5.87. The van der Waals surface area contributed by atoms with E-state index in [1.165, 1.54) is 14.2 Å². The van der Waals surface area contributed by atoms with Crippen LogP contribution >= 0.6 is 0 Å². The average molecular weight is 659 g/mol. The number of rotatable bonds is 8. The van der Waals surface area contributed by atoms with E-state index in [4.69, 9.17) is 18.9 Å². The van der Waals surface area contributed by atoms with Crippen molar-refractivity contribution in [2.45, 2.75) is 118 Å². The fourth-order valence-electron chi connectivity index (χ4n) is 6.87. The van der Waals surface area contributed by atoms with Gasteiger partial charge in [0.15, 0.2) is 5.79 Å². The third-order valence-corrected chi connectivity index (χ3v) is 10.2. The topological polar surface area (TPSA) is 115 Å². The number of esters is 1. The Balaban J connectivity index is 2.54. The van der Waals surface area contributed by atoms with Crippen LogP contribution in [0.5, 0.6) is 0 Å². The second-order valence-electron chi connectivity index (χ2n) is 14.1. The molecular weight excluding hydrogens is 596 g/mol. The standard InChI is InChI=1S/C39H62O8/c1-13-14-17-25(4)36-29(8)28(7)22-39(43,47-36)31(10)35(41)30(9)37-32(44-11)18-15-16-23(2)19-26(5)34(40)27(6)20-24(3)21-33(45-12)38(42)46-37/h13-18,20-21,26-32,34-37,40-41,43H,19,22H2,1-12H3/b14-13+,18-15+,23-16+,24-20+,25-17+,33-21-. The molecule has 0 spiro atoms. The van der Waals surface area contributed by atoms with Gasteiger partial charge in [-0.1, -0.05) is 95.2 Å². The molecule has 0 aromatic rings. The summed E-state index contributed by atoms with van der Waals surface area (Å²) in [5.74, 6) is -3.63. The zero-order valence-corrected chi connectivity index (χ0v) is 30.8. The molecule has 2 heterocycles.